The van der Waals surface area contributed by atoms with Gasteiger partial charge >= 0.3 is 11.9 Å². The predicted molar refractivity (Wildman–Crippen MR) is 168 cm³/mol. The summed E-state index contributed by atoms with van der Waals surface area (Å²) in [6.45, 7) is 3.04. The molecule has 45 heavy (non-hydrogen) atoms. The standard InChI is InChI=1S/C30H38N2O4S.C4H4O4/c33-29(30-16-22-13-23(17-30)15-24(14-22)18-30)20-31-11-9-21(10-12-31)19-32-25-5-1-2-6-26(25)36-27-7-3-4-8-28(27)37(32,34)35;5-3(6)1-2-4(7)8/h1-8,21-24,29,33H,9-20H2;1-2H,(H,5,6)(H,7,8)/b;2-1+. The van der Waals surface area contributed by atoms with Crippen molar-refractivity contribution >= 4 is 27.6 Å². The Morgan fingerprint density at radius 2 is 1.40 bits per heavy atom. The predicted octanol–water partition coefficient (Wildman–Crippen LogP) is 4.99. The molecule has 0 spiro atoms. The van der Waals surface area contributed by atoms with E-state index in [1.807, 2.05) is 24.3 Å². The zero-order chi connectivity index (χ0) is 31.8. The molecule has 0 amide bonds. The third kappa shape index (κ3) is 6.76. The lowest BCUT2D eigenvalue weighted by Crippen LogP contribution is -2.55. The molecule has 0 radical (unpaired) electrons. The fraction of sp³-hybridized carbons (Fsp3) is 0.529. The van der Waals surface area contributed by atoms with Gasteiger partial charge in [-0.3, -0.25) is 4.31 Å². The first-order valence-corrected chi connectivity index (χ1v) is 17.4. The minimum atomic E-state index is -3.74. The van der Waals surface area contributed by atoms with Gasteiger partial charge in [0.2, 0.25) is 0 Å². The average Bonchev–Trinajstić information content (AvgIpc) is 3.08. The van der Waals surface area contributed by atoms with Crippen molar-refractivity contribution in [2.75, 3.05) is 30.5 Å². The van der Waals surface area contributed by atoms with Crippen LogP contribution >= 0.6 is 0 Å². The Balaban J connectivity index is 0.000000397. The first-order valence-electron chi connectivity index (χ1n) is 16.0. The summed E-state index contributed by atoms with van der Waals surface area (Å²) in [6.07, 6.45) is 10.6. The number of fused-ring (bicyclic) bond motifs is 2. The minimum Gasteiger partial charge on any atom is -0.478 e. The van der Waals surface area contributed by atoms with Crippen LogP contribution in [0.3, 0.4) is 0 Å². The SMILES string of the molecule is O=C(O)/C=C/C(=O)O.O=S1(=O)c2ccccc2Oc2ccccc2N1CC1CCN(CC(O)C23CC4CC(CC(C4)C2)C3)CC1. The molecule has 3 N–H and O–H groups in total. The van der Waals surface area contributed by atoms with Gasteiger partial charge in [0, 0.05) is 25.2 Å². The molecule has 242 valence electrons. The van der Waals surface area contributed by atoms with Gasteiger partial charge in [-0.15, -0.1) is 0 Å². The lowest BCUT2D eigenvalue weighted by Gasteiger charge is -2.59. The van der Waals surface area contributed by atoms with Gasteiger partial charge in [-0.25, -0.2) is 18.0 Å². The van der Waals surface area contributed by atoms with Crippen LogP contribution in [0.1, 0.15) is 51.4 Å². The number of carboxylic acids is 2. The molecule has 2 aromatic carbocycles. The quantitative estimate of drug-likeness (QED) is 0.357. The number of sulfonamides is 1. The van der Waals surface area contributed by atoms with Gasteiger partial charge in [0.1, 0.15) is 10.6 Å². The molecule has 2 aliphatic heterocycles. The first-order chi connectivity index (χ1) is 21.5. The van der Waals surface area contributed by atoms with E-state index in [4.69, 9.17) is 14.9 Å². The van der Waals surface area contributed by atoms with E-state index in [0.717, 1.165) is 50.2 Å². The summed E-state index contributed by atoms with van der Waals surface area (Å²) < 4.78 is 35.2. The lowest BCUT2D eigenvalue weighted by molar-refractivity contribution is -0.134. The number of hydrogen-bond donors (Lipinski definition) is 3. The molecule has 8 rings (SSSR count). The first kappa shape index (κ1) is 31.6. The Bertz CT molecular complexity index is 1500. The van der Waals surface area contributed by atoms with E-state index < -0.39 is 22.0 Å². The van der Waals surface area contributed by atoms with E-state index in [1.54, 1.807) is 28.6 Å². The highest BCUT2D eigenvalue weighted by atomic mass is 32.2. The molecular weight excluding hydrogens is 596 g/mol. The number of likely N-dealkylation sites (tertiary alicyclic amines) is 1. The van der Waals surface area contributed by atoms with Crippen LogP contribution in [0, 0.1) is 29.1 Å². The molecule has 1 saturated heterocycles. The molecule has 1 atom stereocenters. The molecule has 5 fully saturated rings. The Labute approximate surface area is 264 Å². The fourth-order valence-corrected chi connectivity index (χ4v) is 10.5. The Morgan fingerprint density at radius 3 is 1.98 bits per heavy atom. The third-order valence-electron chi connectivity index (χ3n) is 10.5. The summed E-state index contributed by atoms with van der Waals surface area (Å²) in [5.74, 6) is 1.25. The van der Waals surface area contributed by atoms with Crippen LogP contribution in [0.25, 0.3) is 0 Å². The monoisotopic (exact) mass is 638 g/mol. The number of carboxylic acid groups (broad SMARTS) is 2. The molecule has 10 nitrogen and oxygen atoms in total. The summed E-state index contributed by atoms with van der Waals surface area (Å²) in [5, 5.41) is 27.1. The fourth-order valence-electron chi connectivity index (χ4n) is 8.81. The van der Waals surface area contributed by atoms with Crippen molar-refractivity contribution in [2.24, 2.45) is 29.1 Å². The van der Waals surface area contributed by atoms with Gasteiger partial charge in [-0.1, -0.05) is 24.3 Å². The van der Waals surface area contributed by atoms with Crippen LogP contribution in [0.15, 0.2) is 65.6 Å². The second-order valence-corrected chi connectivity index (χ2v) is 15.4. The van der Waals surface area contributed by atoms with Crippen molar-refractivity contribution in [2.45, 2.75) is 62.4 Å². The second-order valence-electron chi connectivity index (χ2n) is 13.6. The van der Waals surface area contributed by atoms with Gasteiger partial charge in [-0.2, -0.15) is 0 Å². The molecule has 0 aromatic heterocycles. The minimum absolute atomic E-state index is 0.156. The molecule has 4 bridgehead atoms. The van der Waals surface area contributed by atoms with Crippen molar-refractivity contribution < 1.29 is 38.1 Å². The normalized spacial score (nSPS) is 29.1. The highest BCUT2D eigenvalue weighted by Gasteiger charge is 2.54. The molecule has 6 aliphatic rings. The topological polar surface area (TPSA) is 145 Å². The van der Waals surface area contributed by atoms with Crippen molar-refractivity contribution in [1.82, 2.24) is 4.90 Å². The summed E-state index contributed by atoms with van der Waals surface area (Å²) in [5.41, 5.74) is 0.765. The maximum atomic E-state index is 13.8. The number of rotatable bonds is 7. The zero-order valence-electron chi connectivity index (χ0n) is 25.3. The van der Waals surface area contributed by atoms with Crippen LogP contribution in [0.5, 0.6) is 11.5 Å². The lowest BCUT2D eigenvalue weighted by atomic mass is 9.48. The summed E-state index contributed by atoms with van der Waals surface area (Å²) in [6, 6.07) is 14.4. The summed E-state index contributed by atoms with van der Waals surface area (Å²) >= 11 is 0. The Hall–Kier alpha value is -3.41. The number of carbonyl (C=O) groups is 2. The Morgan fingerprint density at radius 1 is 0.867 bits per heavy atom. The van der Waals surface area contributed by atoms with Crippen molar-refractivity contribution in [1.29, 1.82) is 0 Å². The number of hydrogen-bond acceptors (Lipinski definition) is 7. The van der Waals surface area contributed by atoms with Crippen molar-refractivity contribution in [3.8, 4) is 11.5 Å². The number of piperidine rings is 1. The number of ether oxygens (including phenoxy) is 1. The highest BCUT2D eigenvalue weighted by molar-refractivity contribution is 7.93. The van der Waals surface area contributed by atoms with E-state index in [-0.39, 0.29) is 22.3 Å². The molecular formula is C34H42N2O8S. The van der Waals surface area contributed by atoms with Gasteiger partial charge in [-0.05, 0) is 118 Å². The number of β-amino-alcohol motifs (C(OH)–C–C–N with tert-alkyl or cyclic N) is 1. The summed E-state index contributed by atoms with van der Waals surface area (Å²) in [7, 11) is -3.74. The van der Waals surface area contributed by atoms with Crippen LogP contribution in [0.2, 0.25) is 0 Å². The summed E-state index contributed by atoms with van der Waals surface area (Å²) in [4.78, 5) is 21.8. The van der Waals surface area contributed by atoms with E-state index in [9.17, 15) is 23.1 Å². The van der Waals surface area contributed by atoms with Crippen LogP contribution in [0.4, 0.5) is 5.69 Å². The van der Waals surface area contributed by atoms with E-state index >= 15 is 0 Å². The van der Waals surface area contributed by atoms with E-state index in [0.29, 0.717) is 35.9 Å². The van der Waals surface area contributed by atoms with Gasteiger partial charge < -0.3 is 25.0 Å². The zero-order valence-corrected chi connectivity index (χ0v) is 26.1. The number of nitrogens with zero attached hydrogens (tertiary/aromatic N) is 2. The van der Waals surface area contributed by atoms with Gasteiger partial charge in [0.25, 0.3) is 10.0 Å². The molecule has 4 aliphatic carbocycles. The molecule has 1 unspecified atom stereocenters. The van der Waals surface area contributed by atoms with Crippen LogP contribution < -0.4 is 9.04 Å². The third-order valence-corrected chi connectivity index (χ3v) is 12.3. The smallest absolute Gasteiger partial charge is 0.328 e. The van der Waals surface area contributed by atoms with Crippen molar-refractivity contribution in [3.05, 3.63) is 60.7 Å². The van der Waals surface area contributed by atoms with Crippen molar-refractivity contribution in [3.63, 3.8) is 0 Å². The number of para-hydroxylation sites is 3. The second kappa shape index (κ2) is 12.8. The average molecular weight is 639 g/mol. The maximum absolute atomic E-state index is 13.8. The van der Waals surface area contributed by atoms with Crippen LogP contribution in [-0.4, -0.2) is 72.9 Å². The number of anilines is 1. The number of aliphatic carboxylic acids is 2. The molecule has 11 heteroatoms. The molecule has 2 aromatic rings. The number of aliphatic hydroxyl groups is 1. The number of benzene rings is 2. The van der Waals surface area contributed by atoms with Crippen LogP contribution in [-0.2, 0) is 19.6 Å². The number of aliphatic hydroxyl groups excluding tert-OH is 1. The van der Waals surface area contributed by atoms with E-state index in [1.165, 1.54) is 38.5 Å². The largest absolute Gasteiger partial charge is 0.478 e. The van der Waals surface area contributed by atoms with Gasteiger partial charge in [0.15, 0.2) is 5.75 Å². The molecule has 2 heterocycles. The Kier molecular flexibility index (Phi) is 8.96. The highest BCUT2D eigenvalue weighted by Crippen LogP contribution is 2.61. The molecule has 4 saturated carbocycles. The van der Waals surface area contributed by atoms with E-state index in [2.05, 4.69) is 4.90 Å². The maximum Gasteiger partial charge on any atom is 0.328 e. The van der Waals surface area contributed by atoms with Gasteiger partial charge in [0.05, 0.1) is 11.8 Å².